The summed E-state index contributed by atoms with van der Waals surface area (Å²) in [6.07, 6.45) is 0.657. The van der Waals surface area contributed by atoms with Crippen LogP contribution in [-0.4, -0.2) is 50.4 Å². The van der Waals surface area contributed by atoms with E-state index in [1.165, 1.54) is 0 Å². The van der Waals surface area contributed by atoms with E-state index in [0.717, 1.165) is 19.5 Å². The Morgan fingerprint density at radius 2 is 2.57 bits per heavy atom. The average molecular weight is 201 g/mol. The molecule has 1 aliphatic rings. The van der Waals surface area contributed by atoms with E-state index in [1.54, 1.807) is 7.05 Å². The molecule has 1 fully saturated rings. The van der Waals surface area contributed by atoms with Crippen molar-refractivity contribution in [3.63, 3.8) is 0 Å². The van der Waals surface area contributed by atoms with Crippen LogP contribution in [0.25, 0.3) is 0 Å². The number of rotatable bonds is 5. The molecule has 1 rings (SSSR count). The smallest absolute Gasteiger partial charge is 0.185 e. The van der Waals surface area contributed by atoms with E-state index in [4.69, 9.17) is 15.3 Å². The van der Waals surface area contributed by atoms with E-state index >= 15 is 0 Å². The highest BCUT2D eigenvalue weighted by Gasteiger charge is 2.22. The minimum atomic E-state index is -0.298. The summed E-state index contributed by atoms with van der Waals surface area (Å²) in [4.78, 5) is 0. The summed E-state index contributed by atoms with van der Waals surface area (Å²) in [7, 11) is 1.80. The standard InChI is InChI=1S/C9H19N3O2/c1-11-5-8(6-13)14-9(10)7-2-3-12-4-7/h7-8,10-13H,2-6H2,1H3. The molecule has 0 aromatic rings. The Labute approximate surface area is 84.3 Å². The fourth-order valence-corrected chi connectivity index (χ4v) is 1.53. The highest BCUT2D eigenvalue weighted by molar-refractivity contribution is 5.76. The van der Waals surface area contributed by atoms with Gasteiger partial charge in [0.25, 0.3) is 0 Å². The zero-order valence-corrected chi connectivity index (χ0v) is 8.55. The van der Waals surface area contributed by atoms with Gasteiger partial charge in [0, 0.05) is 19.0 Å². The molecule has 4 N–H and O–H groups in total. The van der Waals surface area contributed by atoms with Crippen molar-refractivity contribution in [1.29, 1.82) is 5.41 Å². The van der Waals surface area contributed by atoms with Crippen LogP contribution in [-0.2, 0) is 4.74 Å². The van der Waals surface area contributed by atoms with Gasteiger partial charge in [0.2, 0.25) is 0 Å². The maximum Gasteiger partial charge on any atom is 0.185 e. The van der Waals surface area contributed by atoms with Crippen LogP contribution in [0.5, 0.6) is 0 Å². The predicted molar refractivity (Wildman–Crippen MR) is 54.6 cm³/mol. The Balaban J connectivity index is 2.29. The van der Waals surface area contributed by atoms with E-state index in [-0.39, 0.29) is 18.6 Å². The highest BCUT2D eigenvalue weighted by Crippen LogP contribution is 2.10. The monoisotopic (exact) mass is 201 g/mol. The van der Waals surface area contributed by atoms with Crippen LogP contribution in [0.1, 0.15) is 6.42 Å². The van der Waals surface area contributed by atoms with Crippen molar-refractivity contribution in [3.8, 4) is 0 Å². The predicted octanol–water partition coefficient (Wildman–Crippen LogP) is -0.830. The van der Waals surface area contributed by atoms with Crippen molar-refractivity contribution in [2.45, 2.75) is 12.5 Å². The van der Waals surface area contributed by atoms with E-state index in [0.29, 0.717) is 12.4 Å². The molecule has 0 radical (unpaired) electrons. The number of nitrogens with one attached hydrogen (secondary N) is 3. The Bertz CT molecular complexity index is 181. The lowest BCUT2D eigenvalue weighted by molar-refractivity contribution is 0.0984. The highest BCUT2D eigenvalue weighted by atomic mass is 16.5. The van der Waals surface area contributed by atoms with Crippen LogP contribution in [0, 0.1) is 11.3 Å². The summed E-state index contributed by atoms with van der Waals surface area (Å²) in [6, 6.07) is 0. The van der Waals surface area contributed by atoms with Crippen LogP contribution < -0.4 is 10.6 Å². The Morgan fingerprint density at radius 3 is 3.07 bits per heavy atom. The molecule has 0 bridgehead atoms. The van der Waals surface area contributed by atoms with Crippen molar-refractivity contribution >= 4 is 5.90 Å². The molecule has 0 spiro atoms. The second-order valence-corrected chi connectivity index (χ2v) is 3.53. The molecule has 2 atom stereocenters. The summed E-state index contributed by atoms with van der Waals surface area (Å²) in [6.45, 7) is 2.28. The molecule has 1 aliphatic heterocycles. The van der Waals surface area contributed by atoms with E-state index in [2.05, 4.69) is 10.6 Å². The SMILES string of the molecule is CNCC(CO)OC(=N)C1CCNC1. The van der Waals surface area contributed by atoms with Gasteiger partial charge < -0.3 is 20.5 Å². The van der Waals surface area contributed by atoms with Gasteiger partial charge in [-0.3, -0.25) is 5.41 Å². The average Bonchev–Trinajstić information content (AvgIpc) is 2.69. The molecule has 82 valence electrons. The second-order valence-electron chi connectivity index (χ2n) is 3.53. The number of aliphatic hydroxyl groups is 1. The summed E-state index contributed by atoms with van der Waals surface area (Å²) in [5.74, 6) is 0.477. The maximum atomic E-state index is 8.97. The van der Waals surface area contributed by atoms with Gasteiger partial charge in [-0.25, -0.2) is 0 Å². The lowest BCUT2D eigenvalue weighted by Gasteiger charge is -2.19. The Morgan fingerprint density at radius 1 is 1.79 bits per heavy atom. The third-order valence-corrected chi connectivity index (χ3v) is 2.36. The van der Waals surface area contributed by atoms with Crippen molar-refractivity contribution in [2.75, 3.05) is 33.3 Å². The minimum absolute atomic E-state index is 0.0522. The summed E-state index contributed by atoms with van der Waals surface area (Å²) >= 11 is 0. The third kappa shape index (κ3) is 3.25. The molecule has 5 heteroatoms. The van der Waals surface area contributed by atoms with Crippen LogP contribution >= 0.6 is 0 Å². The Hall–Kier alpha value is -0.650. The van der Waals surface area contributed by atoms with Gasteiger partial charge in [0.05, 0.1) is 6.61 Å². The fraction of sp³-hybridized carbons (Fsp3) is 0.889. The van der Waals surface area contributed by atoms with Crippen LogP contribution in [0.15, 0.2) is 0 Å². The molecule has 0 aromatic heterocycles. The number of aliphatic hydroxyl groups excluding tert-OH is 1. The number of hydrogen-bond acceptors (Lipinski definition) is 5. The first-order valence-electron chi connectivity index (χ1n) is 4.99. The molecule has 0 amide bonds. The zero-order valence-electron chi connectivity index (χ0n) is 8.55. The van der Waals surface area contributed by atoms with Gasteiger partial charge in [-0.1, -0.05) is 0 Å². The van der Waals surface area contributed by atoms with E-state index < -0.39 is 0 Å². The number of hydrogen-bond donors (Lipinski definition) is 4. The molecule has 0 aromatic carbocycles. The molecule has 1 heterocycles. The summed E-state index contributed by atoms with van der Waals surface area (Å²) < 4.78 is 5.35. The van der Waals surface area contributed by atoms with E-state index in [9.17, 15) is 0 Å². The molecular formula is C9H19N3O2. The normalized spacial score (nSPS) is 23.4. The lowest BCUT2D eigenvalue weighted by atomic mass is 10.1. The molecular weight excluding hydrogens is 182 g/mol. The summed E-state index contributed by atoms with van der Waals surface area (Å²) in [5, 5.41) is 22.8. The first-order chi connectivity index (χ1) is 6.77. The summed E-state index contributed by atoms with van der Waals surface area (Å²) in [5.41, 5.74) is 0. The largest absolute Gasteiger partial charge is 0.474 e. The quantitative estimate of drug-likeness (QED) is 0.346. The van der Waals surface area contributed by atoms with Crippen LogP contribution in [0.2, 0.25) is 0 Å². The number of likely N-dealkylation sites (N-methyl/N-ethyl adjacent to an activating group) is 1. The minimum Gasteiger partial charge on any atom is -0.474 e. The van der Waals surface area contributed by atoms with Gasteiger partial charge in [0.1, 0.15) is 6.10 Å². The van der Waals surface area contributed by atoms with Crippen LogP contribution in [0.3, 0.4) is 0 Å². The second kappa shape index (κ2) is 5.95. The molecule has 14 heavy (non-hydrogen) atoms. The third-order valence-electron chi connectivity index (χ3n) is 2.36. The van der Waals surface area contributed by atoms with Gasteiger partial charge in [-0.15, -0.1) is 0 Å². The van der Waals surface area contributed by atoms with Gasteiger partial charge >= 0.3 is 0 Å². The molecule has 0 saturated carbocycles. The first kappa shape index (κ1) is 11.4. The fourth-order valence-electron chi connectivity index (χ4n) is 1.53. The topological polar surface area (TPSA) is 77.4 Å². The lowest BCUT2D eigenvalue weighted by Crippen LogP contribution is -2.34. The van der Waals surface area contributed by atoms with Crippen molar-refractivity contribution in [1.82, 2.24) is 10.6 Å². The van der Waals surface area contributed by atoms with Crippen molar-refractivity contribution in [3.05, 3.63) is 0 Å². The zero-order chi connectivity index (χ0) is 10.4. The molecule has 1 saturated heterocycles. The number of ether oxygens (including phenoxy) is 1. The molecule has 2 unspecified atom stereocenters. The van der Waals surface area contributed by atoms with Gasteiger partial charge in [-0.05, 0) is 20.0 Å². The van der Waals surface area contributed by atoms with Crippen LogP contribution in [0.4, 0.5) is 0 Å². The molecule has 0 aliphatic carbocycles. The van der Waals surface area contributed by atoms with Crippen molar-refractivity contribution < 1.29 is 9.84 Å². The molecule has 5 nitrogen and oxygen atoms in total. The first-order valence-corrected chi connectivity index (χ1v) is 4.99. The van der Waals surface area contributed by atoms with Crippen molar-refractivity contribution in [2.24, 2.45) is 5.92 Å². The van der Waals surface area contributed by atoms with E-state index in [1.807, 2.05) is 0 Å². The van der Waals surface area contributed by atoms with Gasteiger partial charge in [0.15, 0.2) is 5.90 Å². The maximum absolute atomic E-state index is 8.97. The van der Waals surface area contributed by atoms with Gasteiger partial charge in [-0.2, -0.15) is 0 Å². The Kier molecular flexibility index (Phi) is 4.86.